The number of rotatable bonds is 2. The van der Waals surface area contributed by atoms with Gasteiger partial charge in [0, 0.05) is 11.2 Å². The Labute approximate surface area is 105 Å². The van der Waals surface area contributed by atoms with Gasteiger partial charge in [0.05, 0.1) is 10.5 Å². The third kappa shape index (κ3) is 2.56. The van der Waals surface area contributed by atoms with Gasteiger partial charge in [-0.25, -0.2) is 4.21 Å². The molecule has 0 radical (unpaired) electrons. The van der Waals surface area contributed by atoms with Crippen LogP contribution in [0.2, 0.25) is 0 Å². The van der Waals surface area contributed by atoms with Gasteiger partial charge in [0.25, 0.3) is 5.91 Å². The number of alkyl halides is 3. The van der Waals surface area contributed by atoms with E-state index in [0.717, 1.165) is 6.07 Å². The molecule has 1 N–H and O–H groups in total. The SMILES string of the molecule is O=C1NS(=O)(=S)c2cc(OCC(F)(F)F)ccc21. The van der Waals surface area contributed by atoms with E-state index in [1.807, 2.05) is 0 Å². The normalized spacial score (nSPS) is 22.5. The molecule has 0 saturated carbocycles. The first-order valence-corrected chi connectivity index (χ1v) is 7.08. The summed E-state index contributed by atoms with van der Waals surface area (Å²) >= 11 is 4.68. The zero-order valence-electron chi connectivity index (χ0n) is 8.61. The van der Waals surface area contributed by atoms with Crippen molar-refractivity contribution < 1.29 is 26.9 Å². The highest BCUT2D eigenvalue weighted by molar-refractivity contribution is 8.32. The maximum absolute atomic E-state index is 12.0. The van der Waals surface area contributed by atoms with Crippen LogP contribution in [0.4, 0.5) is 13.2 Å². The molecule has 2 rings (SSSR count). The smallest absolute Gasteiger partial charge is 0.422 e. The summed E-state index contributed by atoms with van der Waals surface area (Å²) in [6.45, 7) is -1.47. The second kappa shape index (κ2) is 4.09. The second-order valence-electron chi connectivity index (χ2n) is 3.50. The zero-order chi connectivity index (χ0) is 13.6. The van der Waals surface area contributed by atoms with Crippen molar-refractivity contribution in [2.75, 3.05) is 6.61 Å². The highest BCUT2D eigenvalue weighted by Gasteiger charge is 2.31. The zero-order valence-corrected chi connectivity index (χ0v) is 10.2. The molecule has 0 fully saturated rings. The predicted octanol–water partition coefficient (Wildman–Crippen LogP) is 1.39. The summed E-state index contributed by atoms with van der Waals surface area (Å²) in [5.41, 5.74) is 0.0920. The number of hydrogen-bond acceptors (Lipinski definition) is 4. The summed E-state index contributed by atoms with van der Waals surface area (Å²) in [6.07, 6.45) is -4.47. The largest absolute Gasteiger partial charge is 0.484 e. The van der Waals surface area contributed by atoms with E-state index in [1.165, 1.54) is 12.1 Å². The highest BCUT2D eigenvalue weighted by atomic mass is 32.8. The molecule has 0 aromatic heterocycles. The minimum atomic E-state index is -4.47. The number of fused-ring (bicyclic) bond motifs is 1. The Bertz CT molecular complexity index is 610. The molecule has 0 bridgehead atoms. The molecule has 0 saturated heterocycles. The predicted molar refractivity (Wildman–Crippen MR) is 59.2 cm³/mol. The Hall–Kier alpha value is -1.35. The Morgan fingerprint density at radius 1 is 1.39 bits per heavy atom. The molecule has 1 aliphatic rings. The van der Waals surface area contributed by atoms with E-state index >= 15 is 0 Å². The van der Waals surface area contributed by atoms with Crippen LogP contribution in [0.25, 0.3) is 0 Å². The van der Waals surface area contributed by atoms with Gasteiger partial charge in [-0.2, -0.15) is 13.2 Å². The van der Waals surface area contributed by atoms with Gasteiger partial charge < -0.3 is 4.74 Å². The van der Waals surface area contributed by atoms with Crippen molar-refractivity contribution in [2.45, 2.75) is 11.1 Å². The maximum atomic E-state index is 12.0. The minimum Gasteiger partial charge on any atom is -0.484 e. The molecule has 18 heavy (non-hydrogen) atoms. The third-order valence-electron chi connectivity index (χ3n) is 2.12. The van der Waals surface area contributed by atoms with E-state index in [4.69, 9.17) is 0 Å². The molecule has 4 nitrogen and oxygen atoms in total. The lowest BCUT2D eigenvalue weighted by atomic mass is 10.2. The fourth-order valence-electron chi connectivity index (χ4n) is 1.40. The number of carbonyl (C=O) groups excluding carboxylic acids is 1. The van der Waals surface area contributed by atoms with Crippen LogP contribution in [0.15, 0.2) is 23.1 Å². The molecule has 9 heteroatoms. The van der Waals surface area contributed by atoms with Gasteiger partial charge >= 0.3 is 6.18 Å². The van der Waals surface area contributed by atoms with Gasteiger partial charge in [-0.15, -0.1) is 0 Å². The molecular formula is C9H6F3NO3S2. The number of carbonyl (C=O) groups is 1. The number of hydrogen-bond donors (Lipinski definition) is 1. The molecule has 0 spiro atoms. The average molecular weight is 297 g/mol. The van der Waals surface area contributed by atoms with E-state index in [9.17, 15) is 22.2 Å². The Kier molecular flexibility index (Phi) is 2.98. The van der Waals surface area contributed by atoms with Gasteiger partial charge in [-0.05, 0) is 18.2 Å². The van der Waals surface area contributed by atoms with Gasteiger partial charge in [-0.3, -0.25) is 9.52 Å². The first kappa shape index (κ1) is 13.1. The molecule has 1 amide bonds. The highest BCUT2D eigenvalue weighted by Crippen LogP contribution is 2.28. The molecule has 1 aliphatic heterocycles. The number of amides is 1. The lowest BCUT2D eigenvalue weighted by Crippen LogP contribution is -2.20. The van der Waals surface area contributed by atoms with Crippen LogP contribution < -0.4 is 9.46 Å². The van der Waals surface area contributed by atoms with Crippen molar-refractivity contribution >= 4 is 25.8 Å². The van der Waals surface area contributed by atoms with Crippen LogP contribution >= 0.6 is 0 Å². The van der Waals surface area contributed by atoms with Crippen LogP contribution in [0.3, 0.4) is 0 Å². The second-order valence-corrected chi connectivity index (χ2v) is 6.56. The molecule has 1 atom stereocenters. The number of benzene rings is 1. The van der Waals surface area contributed by atoms with Crippen LogP contribution in [0.5, 0.6) is 5.75 Å². The van der Waals surface area contributed by atoms with Crippen LogP contribution in [-0.4, -0.2) is 22.9 Å². The quantitative estimate of drug-likeness (QED) is 0.896. The summed E-state index contributed by atoms with van der Waals surface area (Å²) in [4.78, 5) is 11.3. The van der Waals surface area contributed by atoms with Gasteiger partial charge in [0.2, 0.25) is 0 Å². The molecule has 0 aliphatic carbocycles. The standard InChI is InChI=1S/C9H6F3NO3S2/c10-9(11,12)4-16-5-1-2-6-7(3-5)18(15,17)13-8(6)14/h1-3H,4H2,(H,13,14). The summed E-state index contributed by atoms with van der Waals surface area (Å²) in [6, 6.07) is 3.52. The lowest BCUT2D eigenvalue weighted by molar-refractivity contribution is -0.153. The van der Waals surface area contributed by atoms with Gasteiger partial charge in [0.1, 0.15) is 14.4 Å². The maximum Gasteiger partial charge on any atom is 0.422 e. The summed E-state index contributed by atoms with van der Waals surface area (Å²) < 4.78 is 54.2. The molecule has 98 valence electrons. The third-order valence-corrected chi connectivity index (χ3v) is 4.28. The van der Waals surface area contributed by atoms with E-state index in [0.29, 0.717) is 0 Å². The summed E-state index contributed by atoms with van der Waals surface area (Å²) in [5.74, 6) is -0.743. The van der Waals surface area contributed by atoms with E-state index in [-0.39, 0.29) is 16.2 Å². The van der Waals surface area contributed by atoms with Crippen LogP contribution in [0.1, 0.15) is 10.4 Å². The van der Waals surface area contributed by atoms with Crippen LogP contribution in [0, 0.1) is 0 Å². The van der Waals surface area contributed by atoms with E-state index in [1.54, 1.807) is 0 Å². The molecule has 1 aromatic rings. The molecule has 1 aromatic carbocycles. The number of halogens is 3. The van der Waals surface area contributed by atoms with Crippen molar-refractivity contribution in [3.8, 4) is 5.75 Å². The first-order chi connectivity index (χ1) is 8.19. The van der Waals surface area contributed by atoms with Crippen molar-refractivity contribution in [3.05, 3.63) is 23.8 Å². The van der Waals surface area contributed by atoms with Gasteiger partial charge in [0.15, 0.2) is 6.61 Å². The Morgan fingerprint density at radius 3 is 2.67 bits per heavy atom. The first-order valence-electron chi connectivity index (χ1n) is 4.60. The fraction of sp³-hybridized carbons (Fsp3) is 0.222. The van der Waals surface area contributed by atoms with E-state index < -0.39 is 27.4 Å². The molecule has 1 heterocycles. The Balaban J connectivity index is 2.31. The Morgan fingerprint density at radius 2 is 2.06 bits per heavy atom. The minimum absolute atomic E-state index is 0.0119. The van der Waals surface area contributed by atoms with E-state index in [2.05, 4.69) is 20.6 Å². The van der Waals surface area contributed by atoms with Crippen molar-refractivity contribution in [2.24, 2.45) is 0 Å². The average Bonchev–Trinajstić information content (AvgIpc) is 2.46. The van der Waals surface area contributed by atoms with Crippen molar-refractivity contribution in [1.82, 2.24) is 4.72 Å². The number of ether oxygens (including phenoxy) is 1. The monoisotopic (exact) mass is 297 g/mol. The lowest BCUT2D eigenvalue weighted by Gasteiger charge is -2.09. The topological polar surface area (TPSA) is 55.4 Å². The molecule has 1 unspecified atom stereocenters. The van der Waals surface area contributed by atoms with Crippen molar-refractivity contribution in [1.29, 1.82) is 0 Å². The fourth-order valence-corrected chi connectivity index (χ4v) is 3.23. The summed E-state index contributed by atoms with van der Waals surface area (Å²) in [5, 5.41) is 0. The van der Waals surface area contributed by atoms with Gasteiger partial charge in [-0.1, -0.05) is 0 Å². The number of nitrogens with one attached hydrogen (secondary N) is 1. The summed E-state index contributed by atoms with van der Waals surface area (Å²) in [7, 11) is -3.16. The molecular weight excluding hydrogens is 291 g/mol. The van der Waals surface area contributed by atoms with Crippen molar-refractivity contribution in [3.63, 3.8) is 0 Å². The van der Waals surface area contributed by atoms with Crippen LogP contribution in [-0.2, 0) is 19.9 Å².